The van der Waals surface area contributed by atoms with Crippen molar-refractivity contribution in [2.45, 2.75) is 12.8 Å². The molecule has 0 aliphatic heterocycles. The van der Waals surface area contributed by atoms with Gasteiger partial charge in [0.25, 0.3) is 0 Å². The zero-order valence-corrected chi connectivity index (χ0v) is 11.2. The van der Waals surface area contributed by atoms with Crippen LogP contribution in [0.25, 0.3) is 0 Å². The van der Waals surface area contributed by atoms with E-state index in [0.717, 1.165) is 18.9 Å². The zero-order valence-electron chi connectivity index (χ0n) is 9.60. The van der Waals surface area contributed by atoms with E-state index in [1.807, 2.05) is 0 Å². The van der Waals surface area contributed by atoms with E-state index in [2.05, 4.69) is 26.6 Å². The Labute approximate surface area is 112 Å². The predicted octanol–water partition coefficient (Wildman–Crippen LogP) is 2.67. The van der Waals surface area contributed by atoms with Crippen molar-refractivity contribution in [1.82, 2.24) is 5.32 Å². The second-order valence-electron chi connectivity index (χ2n) is 4.35. The Hall–Kier alpha value is -1.17. The average Bonchev–Trinajstić information content (AvgIpc) is 3.13. The third-order valence-electron chi connectivity index (χ3n) is 2.73. The molecular formula is C12H13BrF2N2O. The summed E-state index contributed by atoms with van der Waals surface area (Å²) >= 11 is 2.96. The first-order chi connectivity index (χ1) is 8.56. The van der Waals surface area contributed by atoms with Crippen LogP contribution in [0.2, 0.25) is 0 Å². The minimum atomic E-state index is -0.717. The molecule has 0 unspecified atom stereocenters. The van der Waals surface area contributed by atoms with E-state index in [1.54, 1.807) is 0 Å². The minimum absolute atomic E-state index is 0.0261. The molecule has 1 aliphatic rings. The Balaban J connectivity index is 1.84. The second-order valence-corrected chi connectivity index (χ2v) is 5.20. The molecule has 0 aromatic heterocycles. The van der Waals surface area contributed by atoms with Crippen LogP contribution in [0, 0.1) is 17.6 Å². The van der Waals surface area contributed by atoms with Gasteiger partial charge in [-0.15, -0.1) is 0 Å². The molecule has 0 saturated heterocycles. The Morgan fingerprint density at radius 3 is 2.72 bits per heavy atom. The molecule has 1 aliphatic carbocycles. The fourth-order valence-electron chi connectivity index (χ4n) is 1.48. The quantitative estimate of drug-likeness (QED) is 0.819. The lowest BCUT2D eigenvalue weighted by Crippen LogP contribution is -2.31. The maximum atomic E-state index is 13.3. The van der Waals surface area contributed by atoms with E-state index in [-0.39, 0.29) is 22.6 Å². The summed E-state index contributed by atoms with van der Waals surface area (Å²) in [5, 5.41) is 5.39. The topological polar surface area (TPSA) is 41.1 Å². The standard InChI is InChI=1S/C12H13BrF2N2O/c13-8-3-11(10(15)4-9(8)14)16-6-12(18)17-5-7-1-2-7/h3-4,7,16H,1-2,5-6H2,(H,17,18). The molecule has 0 heterocycles. The number of amides is 1. The van der Waals surface area contributed by atoms with E-state index < -0.39 is 11.6 Å². The van der Waals surface area contributed by atoms with Gasteiger partial charge in [-0.3, -0.25) is 4.79 Å². The summed E-state index contributed by atoms with van der Waals surface area (Å²) in [5.41, 5.74) is 0.102. The van der Waals surface area contributed by atoms with Crippen LogP contribution < -0.4 is 10.6 Å². The van der Waals surface area contributed by atoms with Crippen LogP contribution in [-0.4, -0.2) is 19.0 Å². The fourth-order valence-corrected chi connectivity index (χ4v) is 1.82. The summed E-state index contributed by atoms with van der Waals surface area (Å²) in [6.07, 6.45) is 2.32. The average molecular weight is 319 g/mol. The first-order valence-electron chi connectivity index (χ1n) is 5.71. The smallest absolute Gasteiger partial charge is 0.239 e. The molecule has 3 nitrogen and oxygen atoms in total. The molecule has 1 amide bonds. The number of carbonyl (C=O) groups excluding carboxylic acids is 1. The van der Waals surface area contributed by atoms with Crippen molar-refractivity contribution in [1.29, 1.82) is 0 Å². The number of rotatable bonds is 5. The molecule has 98 valence electrons. The van der Waals surface area contributed by atoms with Gasteiger partial charge in [-0.25, -0.2) is 8.78 Å². The summed E-state index contributed by atoms with van der Waals surface area (Å²) in [7, 11) is 0. The van der Waals surface area contributed by atoms with Crippen molar-refractivity contribution >= 4 is 27.5 Å². The van der Waals surface area contributed by atoms with Crippen molar-refractivity contribution in [3.8, 4) is 0 Å². The maximum absolute atomic E-state index is 13.3. The van der Waals surface area contributed by atoms with Gasteiger partial charge in [0, 0.05) is 12.6 Å². The first-order valence-corrected chi connectivity index (χ1v) is 6.50. The number of benzene rings is 1. The number of hydrogen-bond acceptors (Lipinski definition) is 2. The highest BCUT2D eigenvalue weighted by Gasteiger charge is 2.21. The van der Waals surface area contributed by atoms with Crippen LogP contribution in [0.1, 0.15) is 12.8 Å². The van der Waals surface area contributed by atoms with E-state index in [4.69, 9.17) is 0 Å². The fraction of sp³-hybridized carbons (Fsp3) is 0.417. The van der Waals surface area contributed by atoms with Crippen molar-refractivity contribution in [3.05, 3.63) is 28.2 Å². The number of anilines is 1. The van der Waals surface area contributed by atoms with Gasteiger partial charge in [0.05, 0.1) is 16.7 Å². The second kappa shape index (κ2) is 5.65. The molecule has 1 aromatic rings. The van der Waals surface area contributed by atoms with Gasteiger partial charge in [-0.2, -0.15) is 0 Å². The molecule has 0 spiro atoms. The van der Waals surface area contributed by atoms with Crippen LogP contribution in [0.4, 0.5) is 14.5 Å². The number of hydrogen-bond donors (Lipinski definition) is 2. The lowest BCUT2D eigenvalue weighted by atomic mass is 10.3. The predicted molar refractivity (Wildman–Crippen MR) is 68.3 cm³/mol. The van der Waals surface area contributed by atoms with Crippen molar-refractivity contribution < 1.29 is 13.6 Å². The number of carbonyl (C=O) groups is 1. The molecule has 0 radical (unpaired) electrons. The van der Waals surface area contributed by atoms with Gasteiger partial charge in [-0.05, 0) is 40.8 Å². The van der Waals surface area contributed by atoms with E-state index in [0.29, 0.717) is 12.5 Å². The van der Waals surface area contributed by atoms with Crippen molar-refractivity contribution in [2.24, 2.45) is 5.92 Å². The lowest BCUT2D eigenvalue weighted by Gasteiger charge is -2.09. The van der Waals surface area contributed by atoms with E-state index in [1.165, 1.54) is 6.07 Å². The Kier molecular flexibility index (Phi) is 4.16. The normalized spacial score (nSPS) is 14.4. The van der Waals surface area contributed by atoms with Crippen LogP contribution in [0.5, 0.6) is 0 Å². The van der Waals surface area contributed by atoms with E-state index >= 15 is 0 Å². The molecule has 0 atom stereocenters. The van der Waals surface area contributed by atoms with Crippen LogP contribution in [0.3, 0.4) is 0 Å². The largest absolute Gasteiger partial charge is 0.374 e. The highest BCUT2D eigenvalue weighted by molar-refractivity contribution is 9.10. The van der Waals surface area contributed by atoms with Gasteiger partial charge in [0.2, 0.25) is 5.91 Å². The van der Waals surface area contributed by atoms with Gasteiger partial charge in [0.15, 0.2) is 0 Å². The molecule has 1 saturated carbocycles. The zero-order chi connectivity index (χ0) is 13.1. The molecule has 1 aromatic carbocycles. The van der Waals surface area contributed by atoms with Crippen molar-refractivity contribution in [3.63, 3.8) is 0 Å². The molecule has 1 fully saturated rings. The highest BCUT2D eigenvalue weighted by Crippen LogP contribution is 2.27. The molecule has 6 heteroatoms. The van der Waals surface area contributed by atoms with Gasteiger partial charge >= 0.3 is 0 Å². The first kappa shape index (κ1) is 13.3. The SMILES string of the molecule is O=C(CNc1cc(Br)c(F)cc1F)NCC1CC1. The molecule has 18 heavy (non-hydrogen) atoms. The van der Waals surface area contributed by atoms with Gasteiger partial charge in [-0.1, -0.05) is 0 Å². The minimum Gasteiger partial charge on any atom is -0.374 e. The highest BCUT2D eigenvalue weighted by atomic mass is 79.9. The van der Waals surface area contributed by atoms with Crippen LogP contribution in [-0.2, 0) is 4.79 Å². The summed E-state index contributed by atoms with van der Waals surface area (Å²) in [5.74, 6) is -0.977. The third kappa shape index (κ3) is 3.66. The lowest BCUT2D eigenvalue weighted by molar-refractivity contribution is -0.119. The summed E-state index contributed by atoms with van der Waals surface area (Å²) in [6.45, 7) is 0.651. The molecule has 0 bridgehead atoms. The number of nitrogens with one attached hydrogen (secondary N) is 2. The molecule has 2 N–H and O–H groups in total. The monoisotopic (exact) mass is 318 g/mol. The summed E-state index contributed by atoms with van der Waals surface area (Å²) in [4.78, 5) is 11.4. The van der Waals surface area contributed by atoms with Crippen LogP contribution in [0.15, 0.2) is 16.6 Å². The third-order valence-corrected chi connectivity index (χ3v) is 3.34. The van der Waals surface area contributed by atoms with Gasteiger partial charge in [0.1, 0.15) is 11.6 Å². The maximum Gasteiger partial charge on any atom is 0.239 e. The summed E-state index contributed by atoms with van der Waals surface area (Å²) < 4.78 is 26.5. The summed E-state index contributed by atoms with van der Waals surface area (Å²) in [6, 6.07) is 2.05. The van der Waals surface area contributed by atoms with E-state index in [9.17, 15) is 13.6 Å². The Morgan fingerprint density at radius 1 is 1.33 bits per heavy atom. The van der Waals surface area contributed by atoms with Crippen molar-refractivity contribution in [2.75, 3.05) is 18.4 Å². The molecule has 2 rings (SSSR count). The van der Waals surface area contributed by atoms with Crippen LogP contribution >= 0.6 is 15.9 Å². The van der Waals surface area contributed by atoms with Gasteiger partial charge < -0.3 is 10.6 Å². The number of halogens is 3. The Morgan fingerprint density at radius 2 is 2.06 bits per heavy atom. The molecular weight excluding hydrogens is 306 g/mol. The Bertz CT molecular complexity index is 464.